The molecular weight excluding hydrogens is 435 g/mol. The van der Waals surface area contributed by atoms with Crippen molar-refractivity contribution >= 4 is 16.6 Å². The van der Waals surface area contributed by atoms with E-state index in [1.165, 1.54) is 0 Å². The fourth-order valence-corrected chi connectivity index (χ4v) is 5.64. The van der Waals surface area contributed by atoms with Crippen LogP contribution in [0.15, 0.2) is 15.8 Å². The van der Waals surface area contributed by atoms with Crippen molar-refractivity contribution in [2.45, 2.75) is 109 Å². The van der Waals surface area contributed by atoms with Gasteiger partial charge in [-0.2, -0.15) is 4.39 Å². The molecule has 1 aromatic rings. The fourth-order valence-electron chi connectivity index (χ4n) is 3.00. The van der Waals surface area contributed by atoms with Crippen molar-refractivity contribution in [2.75, 3.05) is 0 Å². The molecular formula is C21H39FN2O5Si2. The maximum atomic E-state index is 14.1. The lowest BCUT2D eigenvalue weighted by Crippen LogP contribution is -2.53. The minimum absolute atomic E-state index is 0.0345. The van der Waals surface area contributed by atoms with Crippen molar-refractivity contribution in [2.24, 2.45) is 0 Å². The molecule has 10 heteroatoms. The summed E-state index contributed by atoms with van der Waals surface area (Å²) in [7, 11) is -4.51. The molecule has 0 aliphatic carbocycles. The first kappa shape index (κ1) is 26.2. The molecule has 0 unspecified atom stereocenters. The molecule has 4 atom stereocenters. The Labute approximate surface area is 186 Å². The lowest BCUT2D eigenvalue weighted by atomic mass is 10.1. The largest absolute Gasteiger partial charge is 0.409 e. The maximum absolute atomic E-state index is 14.1. The third kappa shape index (κ3) is 5.30. The summed E-state index contributed by atoms with van der Waals surface area (Å²) in [5.41, 5.74) is -1.79. The molecule has 31 heavy (non-hydrogen) atoms. The first-order valence-corrected chi connectivity index (χ1v) is 16.6. The van der Waals surface area contributed by atoms with Crippen molar-refractivity contribution in [1.82, 2.24) is 9.55 Å². The third-order valence-electron chi connectivity index (χ3n) is 7.09. The average molecular weight is 475 g/mol. The van der Waals surface area contributed by atoms with Crippen molar-refractivity contribution in [3.63, 3.8) is 0 Å². The number of ether oxygens (including phenoxy) is 1. The predicted octanol–water partition coefficient (Wildman–Crippen LogP) is 4.37. The van der Waals surface area contributed by atoms with E-state index in [-0.39, 0.29) is 16.2 Å². The summed E-state index contributed by atoms with van der Waals surface area (Å²) in [6.45, 7) is 23.3. The summed E-state index contributed by atoms with van der Waals surface area (Å²) in [5, 5.41) is -0.126. The first-order chi connectivity index (χ1) is 13.8. The van der Waals surface area contributed by atoms with E-state index in [4.69, 9.17) is 13.6 Å². The molecule has 0 amide bonds. The Morgan fingerprint density at radius 2 is 1.42 bits per heavy atom. The predicted molar refractivity (Wildman–Crippen MR) is 125 cm³/mol. The highest BCUT2D eigenvalue weighted by Crippen LogP contribution is 2.45. The normalized spacial score (nSPS) is 25.8. The van der Waals surface area contributed by atoms with Gasteiger partial charge in [0, 0.05) is 0 Å². The zero-order valence-electron chi connectivity index (χ0n) is 20.8. The lowest BCUT2D eigenvalue weighted by Gasteiger charge is -2.44. The van der Waals surface area contributed by atoms with Crippen LogP contribution >= 0.6 is 0 Å². The molecule has 1 saturated heterocycles. The van der Waals surface area contributed by atoms with E-state index < -0.39 is 52.1 Å². The molecule has 1 N–H and O–H groups in total. The summed E-state index contributed by atoms with van der Waals surface area (Å²) in [5.74, 6) is -1.05. The summed E-state index contributed by atoms with van der Waals surface area (Å²) in [4.78, 5) is 26.1. The SMILES string of the molecule is C[C@H]1O[C@@H](n2cc(F)c(=O)[nH]c2=O)[C@H](O[Si](C)(C)C(C)(C)C)[C@@H]1O[Si](C)(C)C(C)(C)C. The van der Waals surface area contributed by atoms with Crippen LogP contribution in [0.3, 0.4) is 0 Å². The zero-order chi connectivity index (χ0) is 24.2. The molecule has 178 valence electrons. The minimum Gasteiger partial charge on any atom is -0.409 e. The number of nitrogens with one attached hydrogen (secondary N) is 1. The molecule has 0 spiro atoms. The van der Waals surface area contributed by atoms with Gasteiger partial charge in [-0.3, -0.25) is 14.3 Å². The summed E-state index contributed by atoms with van der Waals surface area (Å²) >= 11 is 0. The Bertz CT molecular complexity index is 914. The van der Waals surface area contributed by atoms with E-state index in [9.17, 15) is 14.0 Å². The number of nitrogens with zero attached hydrogens (tertiary/aromatic N) is 1. The van der Waals surface area contributed by atoms with Crippen molar-refractivity contribution in [3.05, 3.63) is 32.9 Å². The Morgan fingerprint density at radius 1 is 0.968 bits per heavy atom. The van der Waals surface area contributed by atoms with Gasteiger partial charge in [0.05, 0.1) is 12.3 Å². The molecule has 0 saturated carbocycles. The molecule has 0 aromatic carbocycles. The molecule has 0 radical (unpaired) electrons. The van der Waals surface area contributed by atoms with Crippen LogP contribution in [-0.4, -0.2) is 44.5 Å². The Balaban J connectivity index is 2.57. The standard InChI is InChI=1S/C21H39FN2O5Si2/c1-13-15(28-30(8,9)20(2,3)4)16(29-31(10,11)21(5,6)7)18(27-13)24-12-14(22)17(25)23-19(24)26/h12-13,15-16,18H,1-11H3,(H,23,25,26)/t13-,15-,16-,18-/m1/s1. The number of H-pyrrole nitrogens is 1. The first-order valence-electron chi connectivity index (χ1n) is 10.8. The van der Waals surface area contributed by atoms with Gasteiger partial charge in [-0.15, -0.1) is 0 Å². The van der Waals surface area contributed by atoms with Crippen molar-refractivity contribution in [1.29, 1.82) is 0 Å². The van der Waals surface area contributed by atoms with Gasteiger partial charge in [0.25, 0.3) is 5.56 Å². The zero-order valence-corrected chi connectivity index (χ0v) is 22.8. The quantitative estimate of drug-likeness (QED) is 0.641. The topological polar surface area (TPSA) is 82.6 Å². The second kappa shape index (κ2) is 8.37. The second-order valence-corrected chi connectivity index (χ2v) is 21.1. The third-order valence-corrected chi connectivity index (χ3v) is 16.0. The highest BCUT2D eigenvalue weighted by Gasteiger charge is 2.53. The van der Waals surface area contributed by atoms with Gasteiger partial charge in [-0.25, -0.2) is 4.79 Å². The number of hydrogen-bond acceptors (Lipinski definition) is 5. The van der Waals surface area contributed by atoms with E-state index in [1.807, 2.05) is 11.9 Å². The number of rotatable bonds is 5. The number of halogens is 1. The van der Waals surface area contributed by atoms with Gasteiger partial charge >= 0.3 is 5.69 Å². The monoisotopic (exact) mass is 474 g/mol. The summed E-state index contributed by atoms with van der Waals surface area (Å²) < 4.78 is 34.7. The summed E-state index contributed by atoms with van der Waals surface area (Å²) in [6.07, 6.45) is -1.43. The van der Waals surface area contributed by atoms with Crippen LogP contribution in [0.2, 0.25) is 36.3 Å². The smallest absolute Gasteiger partial charge is 0.330 e. The minimum atomic E-state index is -2.30. The van der Waals surface area contributed by atoms with E-state index in [1.54, 1.807) is 0 Å². The van der Waals surface area contributed by atoms with Crippen LogP contribution < -0.4 is 11.2 Å². The highest BCUT2D eigenvalue weighted by molar-refractivity contribution is 6.74. The Kier molecular flexibility index (Phi) is 7.06. The molecule has 2 rings (SSSR count). The van der Waals surface area contributed by atoms with Gasteiger partial charge in [-0.05, 0) is 43.2 Å². The Morgan fingerprint density at radius 3 is 1.87 bits per heavy atom. The van der Waals surface area contributed by atoms with Gasteiger partial charge < -0.3 is 13.6 Å². The Hall–Kier alpha value is -1.08. The van der Waals surface area contributed by atoms with Gasteiger partial charge in [0.1, 0.15) is 12.2 Å². The number of aromatic nitrogens is 2. The molecule has 0 bridgehead atoms. The average Bonchev–Trinajstić information content (AvgIpc) is 2.84. The fraction of sp³-hybridized carbons (Fsp3) is 0.810. The molecule has 1 aliphatic heterocycles. The van der Waals surface area contributed by atoms with Crippen molar-refractivity contribution in [3.8, 4) is 0 Å². The van der Waals surface area contributed by atoms with E-state index in [2.05, 4.69) is 67.7 Å². The molecule has 1 aliphatic rings. The second-order valence-electron chi connectivity index (χ2n) is 11.6. The van der Waals surface area contributed by atoms with Crippen LogP contribution in [0.4, 0.5) is 4.39 Å². The number of aromatic amines is 1. The molecule has 1 fully saturated rings. The van der Waals surface area contributed by atoms with Crippen LogP contribution in [-0.2, 0) is 13.6 Å². The van der Waals surface area contributed by atoms with E-state index >= 15 is 0 Å². The van der Waals surface area contributed by atoms with E-state index in [0.717, 1.165) is 10.8 Å². The van der Waals surface area contributed by atoms with Gasteiger partial charge in [0.15, 0.2) is 22.9 Å². The van der Waals surface area contributed by atoms with E-state index in [0.29, 0.717) is 0 Å². The van der Waals surface area contributed by atoms with Crippen LogP contribution in [0.5, 0.6) is 0 Å². The molecule has 1 aromatic heterocycles. The van der Waals surface area contributed by atoms with Crippen LogP contribution in [0.25, 0.3) is 0 Å². The molecule has 2 heterocycles. The highest BCUT2D eigenvalue weighted by atomic mass is 28.4. The van der Waals surface area contributed by atoms with Gasteiger partial charge in [0.2, 0.25) is 5.82 Å². The van der Waals surface area contributed by atoms with Crippen LogP contribution in [0.1, 0.15) is 54.7 Å². The summed E-state index contributed by atoms with van der Waals surface area (Å²) in [6, 6.07) is 0. The van der Waals surface area contributed by atoms with Crippen LogP contribution in [0, 0.1) is 5.82 Å². The van der Waals surface area contributed by atoms with Crippen molar-refractivity contribution < 1.29 is 18.0 Å². The maximum Gasteiger partial charge on any atom is 0.330 e. The number of hydrogen-bond donors (Lipinski definition) is 1. The van der Waals surface area contributed by atoms with Gasteiger partial charge in [-0.1, -0.05) is 41.5 Å². The molecule has 7 nitrogen and oxygen atoms in total. The lowest BCUT2D eigenvalue weighted by molar-refractivity contribution is -0.0317.